The fourth-order valence-electron chi connectivity index (χ4n) is 2.35. The molecule has 0 spiro atoms. The third-order valence-electron chi connectivity index (χ3n) is 3.40. The number of benzene rings is 1. The van der Waals surface area contributed by atoms with Gasteiger partial charge in [-0.05, 0) is 18.2 Å². The van der Waals surface area contributed by atoms with Crippen LogP contribution in [0.1, 0.15) is 23.3 Å². The van der Waals surface area contributed by atoms with E-state index in [-0.39, 0.29) is 18.4 Å². The van der Waals surface area contributed by atoms with Gasteiger partial charge in [0.1, 0.15) is 30.1 Å². The second kappa shape index (κ2) is 5.38. The highest BCUT2D eigenvalue weighted by Gasteiger charge is 2.31. The van der Waals surface area contributed by atoms with Crippen molar-refractivity contribution in [3.63, 3.8) is 0 Å². The molecule has 2 atom stereocenters. The van der Waals surface area contributed by atoms with Crippen molar-refractivity contribution in [2.45, 2.75) is 12.0 Å². The highest BCUT2D eigenvalue weighted by atomic mass is 16.5. The molecule has 5 nitrogen and oxygen atoms in total. The molecule has 0 fully saturated rings. The minimum absolute atomic E-state index is 0.176. The van der Waals surface area contributed by atoms with Crippen LogP contribution < -0.4 is 10.1 Å². The van der Waals surface area contributed by atoms with E-state index in [0.717, 1.165) is 11.3 Å². The van der Waals surface area contributed by atoms with Gasteiger partial charge in [0.15, 0.2) is 0 Å². The summed E-state index contributed by atoms with van der Waals surface area (Å²) in [7, 11) is 0. The van der Waals surface area contributed by atoms with Gasteiger partial charge in [-0.2, -0.15) is 0 Å². The molecule has 1 aromatic heterocycles. The third kappa shape index (κ3) is 2.28. The lowest BCUT2D eigenvalue weighted by Gasteiger charge is -2.16. The number of fused-ring (bicyclic) bond motifs is 1. The van der Waals surface area contributed by atoms with Crippen LogP contribution in [0, 0.1) is 0 Å². The molecule has 2 N–H and O–H groups in total. The van der Waals surface area contributed by atoms with E-state index < -0.39 is 6.04 Å². The zero-order valence-corrected chi connectivity index (χ0v) is 10.8. The van der Waals surface area contributed by atoms with Crippen molar-refractivity contribution in [2.24, 2.45) is 0 Å². The Bertz CT molecular complexity index is 594. The number of nitrogens with one attached hydrogen (secondary N) is 1. The lowest BCUT2D eigenvalue weighted by Crippen LogP contribution is -2.35. The Morgan fingerprint density at radius 2 is 2.20 bits per heavy atom. The fourth-order valence-corrected chi connectivity index (χ4v) is 2.35. The first-order chi connectivity index (χ1) is 9.79. The summed E-state index contributed by atoms with van der Waals surface area (Å²) in [5, 5.41) is 12.2. The molecule has 1 aliphatic heterocycles. The highest BCUT2D eigenvalue weighted by Crippen LogP contribution is 2.33. The van der Waals surface area contributed by atoms with Gasteiger partial charge in [0.05, 0.1) is 12.9 Å². The lowest BCUT2D eigenvalue weighted by atomic mass is 10.00. The van der Waals surface area contributed by atoms with Crippen molar-refractivity contribution >= 4 is 5.91 Å². The summed E-state index contributed by atoms with van der Waals surface area (Å²) in [6.45, 7) is 0.107. The predicted octanol–water partition coefficient (Wildman–Crippen LogP) is 1.61. The predicted molar refractivity (Wildman–Crippen MR) is 71.4 cm³/mol. The molecule has 104 valence electrons. The van der Waals surface area contributed by atoms with E-state index in [1.165, 1.54) is 6.26 Å². The Morgan fingerprint density at radius 1 is 1.35 bits per heavy atom. The van der Waals surface area contributed by atoms with E-state index in [2.05, 4.69) is 5.32 Å². The van der Waals surface area contributed by atoms with Crippen LogP contribution in [-0.2, 0) is 4.79 Å². The quantitative estimate of drug-likeness (QED) is 0.887. The number of carbonyl (C=O) groups is 1. The van der Waals surface area contributed by atoms with E-state index in [4.69, 9.17) is 9.15 Å². The van der Waals surface area contributed by atoms with E-state index in [1.807, 2.05) is 24.3 Å². The van der Waals surface area contributed by atoms with E-state index >= 15 is 0 Å². The van der Waals surface area contributed by atoms with Crippen LogP contribution >= 0.6 is 0 Å². The van der Waals surface area contributed by atoms with Crippen LogP contribution in [0.2, 0.25) is 0 Å². The van der Waals surface area contributed by atoms with Gasteiger partial charge in [0, 0.05) is 5.56 Å². The van der Waals surface area contributed by atoms with Crippen molar-refractivity contribution in [1.82, 2.24) is 5.32 Å². The first-order valence-corrected chi connectivity index (χ1v) is 6.46. The molecule has 2 heterocycles. The number of hydrogen-bond acceptors (Lipinski definition) is 4. The van der Waals surface area contributed by atoms with Gasteiger partial charge >= 0.3 is 0 Å². The van der Waals surface area contributed by atoms with Crippen LogP contribution in [0.3, 0.4) is 0 Å². The Balaban J connectivity index is 1.74. The molecule has 2 unspecified atom stereocenters. The van der Waals surface area contributed by atoms with Gasteiger partial charge in [-0.25, -0.2) is 0 Å². The summed E-state index contributed by atoms with van der Waals surface area (Å²) in [5.74, 6) is 0.750. The van der Waals surface area contributed by atoms with Gasteiger partial charge in [-0.1, -0.05) is 18.2 Å². The first kappa shape index (κ1) is 12.7. The Kier molecular flexibility index (Phi) is 3.43. The molecule has 1 aromatic carbocycles. The minimum atomic E-state index is -0.537. The molecular weight excluding hydrogens is 258 g/mol. The Labute approximate surface area is 116 Å². The number of furan rings is 1. The number of rotatable bonds is 4. The maximum atomic E-state index is 12.3. The van der Waals surface area contributed by atoms with Crippen LogP contribution in [0.25, 0.3) is 0 Å². The summed E-state index contributed by atoms with van der Waals surface area (Å²) in [4.78, 5) is 12.3. The average Bonchev–Trinajstić information content (AvgIpc) is 3.13. The van der Waals surface area contributed by atoms with Gasteiger partial charge in [0.2, 0.25) is 5.91 Å². The molecule has 0 radical (unpaired) electrons. The normalized spacial score (nSPS) is 18.1. The zero-order chi connectivity index (χ0) is 13.9. The molecular formula is C15H15NO4. The molecule has 0 aliphatic carbocycles. The topological polar surface area (TPSA) is 71.7 Å². The van der Waals surface area contributed by atoms with E-state index in [0.29, 0.717) is 12.4 Å². The molecule has 0 bridgehead atoms. The van der Waals surface area contributed by atoms with Crippen LogP contribution in [0.5, 0.6) is 5.75 Å². The third-order valence-corrected chi connectivity index (χ3v) is 3.40. The summed E-state index contributed by atoms with van der Waals surface area (Å²) in [6.07, 6.45) is 1.51. The summed E-state index contributed by atoms with van der Waals surface area (Å²) in [5.41, 5.74) is 0.876. The number of aliphatic hydroxyl groups is 1. The number of aliphatic hydroxyl groups excluding tert-OH is 1. The number of hydrogen-bond donors (Lipinski definition) is 2. The SMILES string of the molecule is O=C(NC(CO)c1ccco1)C1COc2ccccc21. The van der Waals surface area contributed by atoms with Gasteiger partial charge in [-0.15, -0.1) is 0 Å². The van der Waals surface area contributed by atoms with Crippen molar-refractivity contribution < 1.29 is 19.1 Å². The van der Waals surface area contributed by atoms with Gasteiger partial charge < -0.3 is 19.6 Å². The van der Waals surface area contributed by atoms with Crippen molar-refractivity contribution in [1.29, 1.82) is 0 Å². The zero-order valence-electron chi connectivity index (χ0n) is 10.8. The molecule has 0 saturated heterocycles. The van der Waals surface area contributed by atoms with E-state index in [9.17, 15) is 9.90 Å². The van der Waals surface area contributed by atoms with Crippen molar-refractivity contribution in [3.05, 3.63) is 54.0 Å². The fraction of sp³-hybridized carbons (Fsp3) is 0.267. The van der Waals surface area contributed by atoms with Crippen LogP contribution in [-0.4, -0.2) is 24.2 Å². The standard InChI is InChI=1S/C15H15NO4/c17-8-12(14-6-3-7-19-14)16-15(18)11-9-20-13-5-2-1-4-10(11)13/h1-7,11-12,17H,8-9H2,(H,16,18). The molecule has 0 saturated carbocycles. The maximum absolute atomic E-state index is 12.3. The molecule has 3 rings (SSSR count). The van der Waals surface area contributed by atoms with Crippen LogP contribution in [0.15, 0.2) is 47.1 Å². The minimum Gasteiger partial charge on any atom is -0.492 e. The Morgan fingerprint density at radius 3 is 2.95 bits per heavy atom. The molecule has 5 heteroatoms. The van der Waals surface area contributed by atoms with Crippen molar-refractivity contribution in [2.75, 3.05) is 13.2 Å². The number of ether oxygens (including phenoxy) is 1. The lowest BCUT2D eigenvalue weighted by molar-refractivity contribution is -0.124. The molecule has 1 aliphatic rings. The summed E-state index contributed by atoms with van der Waals surface area (Å²) < 4.78 is 10.7. The second-order valence-electron chi connectivity index (χ2n) is 4.66. The smallest absolute Gasteiger partial charge is 0.231 e. The summed E-state index contributed by atoms with van der Waals surface area (Å²) >= 11 is 0. The monoisotopic (exact) mass is 273 g/mol. The summed E-state index contributed by atoms with van der Waals surface area (Å²) in [6, 6.07) is 10.4. The first-order valence-electron chi connectivity index (χ1n) is 6.46. The molecule has 20 heavy (non-hydrogen) atoms. The molecule has 1 amide bonds. The molecule has 2 aromatic rings. The number of para-hydroxylation sites is 1. The maximum Gasteiger partial charge on any atom is 0.231 e. The number of carbonyl (C=O) groups excluding carboxylic acids is 1. The Hall–Kier alpha value is -2.27. The van der Waals surface area contributed by atoms with Crippen molar-refractivity contribution in [3.8, 4) is 5.75 Å². The average molecular weight is 273 g/mol. The highest BCUT2D eigenvalue weighted by molar-refractivity contribution is 5.85. The number of amides is 1. The largest absolute Gasteiger partial charge is 0.492 e. The van der Waals surface area contributed by atoms with E-state index in [1.54, 1.807) is 12.1 Å². The van der Waals surface area contributed by atoms with Gasteiger partial charge in [0.25, 0.3) is 0 Å². The van der Waals surface area contributed by atoms with Gasteiger partial charge in [-0.3, -0.25) is 4.79 Å². The van der Waals surface area contributed by atoms with Crippen LogP contribution in [0.4, 0.5) is 0 Å². The second-order valence-corrected chi connectivity index (χ2v) is 4.66.